The summed E-state index contributed by atoms with van der Waals surface area (Å²) in [6, 6.07) is 14.0. The number of nitrogens with zero attached hydrogens (tertiary/aromatic N) is 3. The van der Waals surface area contributed by atoms with Gasteiger partial charge in [0.15, 0.2) is 11.5 Å². The van der Waals surface area contributed by atoms with Gasteiger partial charge in [0.2, 0.25) is 0 Å². The van der Waals surface area contributed by atoms with E-state index in [9.17, 15) is 5.11 Å². The maximum absolute atomic E-state index is 9.69. The van der Waals surface area contributed by atoms with Crippen molar-refractivity contribution in [2.75, 3.05) is 12.4 Å². The van der Waals surface area contributed by atoms with Gasteiger partial charge in [0, 0.05) is 17.5 Å². The molecule has 1 aromatic heterocycles. The average Bonchev–Trinajstić information content (AvgIpc) is 3.06. The zero-order valence-electron chi connectivity index (χ0n) is 13.2. The number of phenolic OH excluding ortho intramolecular Hbond substituents is 1. The highest BCUT2D eigenvalue weighted by molar-refractivity contribution is 5.83. The molecule has 3 aromatic rings. The Kier molecular flexibility index (Phi) is 4.23. The van der Waals surface area contributed by atoms with Gasteiger partial charge in [-0.2, -0.15) is 10.5 Å². The van der Waals surface area contributed by atoms with Crippen LogP contribution in [0.4, 0.5) is 5.69 Å². The Hall–Kier alpha value is -3.97. The molecule has 0 aliphatic rings. The normalized spacial score (nSPS) is 9.88. The number of anilines is 1. The van der Waals surface area contributed by atoms with E-state index in [2.05, 4.69) is 15.3 Å². The van der Waals surface area contributed by atoms with Crippen molar-refractivity contribution in [3.63, 3.8) is 0 Å². The maximum Gasteiger partial charge on any atom is 0.161 e. The maximum atomic E-state index is 9.69. The van der Waals surface area contributed by atoms with E-state index in [4.69, 9.17) is 15.3 Å². The summed E-state index contributed by atoms with van der Waals surface area (Å²) < 4.78 is 5.12. The number of phenols is 1. The second-order valence-electron chi connectivity index (χ2n) is 5.13. The van der Waals surface area contributed by atoms with Crippen molar-refractivity contribution in [1.29, 1.82) is 10.5 Å². The van der Waals surface area contributed by atoms with Crippen LogP contribution in [0.1, 0.15) is 0 Å². The molecule has 7 nitrogen and oxygen atoms in total. The third kappa shape index (κ3) is 3.21. The number of nitriles is 2. The molecule has 0 unspecified atom stereocenters. The number of aromatic nitrogens is 2. The second-order valence-corrected chi connectivity index (χ2v) is 5.13. The van der Waals surface area contributed by atoms with Crippen molar-refractivity contribution in [2.45, 2.75) is 0 Å². The monoisotopic (exact) mass is 331 g/mol. The molecule has 0 aliphatic heterocycles. The molecule has 3 N–H and O–H groups in total. The third-order valence-electron chi connectivity index (χ3n) is 3.56. The van der Waals surface area contributed by atoms with Crippen molar-refractivity contribution in [2.24, 2.45) is 0 Å². The average molecular weight is 331 g/mol. The summed E-state index contributed by atoms with van der Waals surface area (Å²) in [4.78, 5) is 7.72. The lowest BCUT2D eigenvalue weighted by Crippen LogP contribution is -1.89. The Balaban J connectivity index is 1.95. The molecule has 0 bridgehead atoms. The smallest absolute Gasteiger partial charge is 0.161 e. The van der Waals surface area contributed by atoms with Crippen molar-refractivity contribution in [1.82, 2.24) is 9.97 Å². The predicted molar refractivity (Wildman–Crippen MR) is 92.7 cm³/mol. The summed E-state index contributed by atoms with van der Waals surface area (Å²) >= 11 is 0. The van der Waals surface area contributed by atoms with Crippen LogP contribution in [0.3, 0.4) is 0 Å². The number of benzene rings is 2. The third-order valence-corrected chi connectivity index (χ3v) is 3.56. The van der Waals surface area contributed by atoms with E-state index in [1.807, 2.05) is 12.1 Å². The zero-order chi connectivity index (χ0) is 17.8. The lowest BCUT2D eigenvalue weighted by atomic mass is 10.2. The zero-order valence-corrected chi connectivity index (χ0v) is 13.2. The number of nitrogens with one attached hydrogen (secondary N) is 2. The van der Waals surface area contributed by atoms with Gasteiger partial charge in [-0.3, -0.25) is 0 Å². The Labute approximate surface area is 143 Å². The fourth-order valence-electron chi connectivity index (χ4n) is 2.31. The first-order valence-electron chi connectivity index (χ1n) is 7.28. The molecule has 7 heteroatoms. The van der Waals surface area contributed by atoms with Crippen LogP contribution in [0.25, 0.3) is 22.4 Å². The second kappa shape index (κ2) is 6.65. The van der Waals surface area contributed by atoms with E-state index in [1.165, 1.54) is 13.3 Å². The molecule has 0 amide bonds. The standard InChI is InChI=1S/C18H13N5O2/c1-25-17-6-12(2-5-16(17)24)18-22-14-4-3-13(7-15(14)23-18)21-10-11(8-19)9-20/h2-7,10,21,24H,1H3,(H,22,23). The Bertz CT molecular complexity index is 1040. The molecular weight excluding hydrogens is 318 g/mol. The molecule has 0 saturated heterocycles. The lowest BCUT2D eigenvalue weighted by molar-refractivity contribution is 0.373. The van der Waals surface area contributed by atoms with E-state index < -0.39 is 0 Å². The number of rotatable bonds is 4. The van der Waals surface area contributed by atoms with Crippen molar-refractivity contribution >= 4 is 16.7 Å². The molecule has 0 spiro atoms. The fourth-order valence-corrected chi connectivity index (χ4v) is 2.31. The quantitative estimate of drug-likeness (QED) is 0.631. The van der Waals surface area contributed by atoms with E-state index in [-0.39, 0.29) is 11.3 Å². The molecule has 0 fully saturated rings. The van der Waals surface area contributed by atoms with Crippen molar-refractivity contribution < 1.29 is 9.84 Å². The molecule has 0 aliphatic carbocycles. The molecular formula is C18H13N5O2. The highest BCUT2D eigenvalue weighted by Crippen LogP contribution is 2.31. The van der Waals surface area contributed by atoms with Crippen molar-refractivity contribution in [3.8, 4) is 35.0 Å². The summed E-state index contributed by atoms with van der Waals surface area (Å²) in [5.74, 6) is 1.06. The first kappa shape index (κ1) is 15.9. The van der Waals surface area contributed by atoms with Gasteiger partial charge in [-0.05, 0) is 36.4 Å². The first-order chi connectivity index (χ1) is 12.1. The number of hydrogen-bond donors (Lipinski definition) is 3. The van der Waals surface area contributed by atoms with Crippen LogP contribution >= 0.6 is 0 Å². The van der Waals surface area contributed by atoms with Gasteiger partial charge in [-0.15, -0.1) is 0 Å². The Morgan fingerprint density at radius 3 is 2.76 bits per heavy atom. The molecule has 3 rings (SSSR count). The van der Waals surface area contributed by atoms with E-state index in [0.717, 1.165) is 16.6 Å². The summed E-state index contributed by atoms with van der Waals surface area (Å²) in [5.41, 5.74) is 3.03. The number of fused-ring (bicyclic) bond motifs is 1. The molecule has 0 atom stereocenters. The van der Waals surface area contributed by atoms with Crippen LogP contribution in [-0.4, -0.2) is 22.2 Å². The van der Waals surface area contributed by atoms with Gasteiger partial charge >= 0.3 is 0 Å². The molecule has 0 radical (unpaired) electrons. The minimum Gasteiger partial charge on any atom is -0.504 e. The van der Waals surface area contributed by atoms with Crippen molar-refractivity contribution in [3.05, 3.63) is 48.2 Å². The van der Waals surface area contributed by atoms with Crippen LogP contribution < -0.4 is 10.1 Å². The van der Waals surface area contributed by atoms with Gasteiger partial charge in [0.1, 0.15) is 23.5 Å². The number of H-pyrrole nitrogens is 1. The molecule has 2 aromatic carbocycles. The SMILES string of the molecule is COc1cc(-c2nc3ccc(NC=C(C#N)C#N)cc3[nH]2)ccc1O. The van der Waals surface area contributed by atoms with Crippen LogP contribution in [-0.2, 0) is 0 Å². The van der Waals surface area contributed by atoms with Gasteiger partial charge in [0.05, 0.1) is 18.1 Å². The number of methoxy groups -OCH3 is 1. The predicted octanol–water partition coefficient (Wildman–Crippen LogP) is 3.29. The minimum absolute atomic E-state index is 0.0124. The highest BCUT2D eigenvalue weighted by Gasteiger charge is 2.09. The number of allylic oxidation sites excluding steroid dienone is 1. The van der Waals surface area contributed by atoms with Gasteiger partial charge < -0.3 is 20.1 Å². The molecule has 122 valence electrons. The summed E-state index contributed by atoms with van der Waals surface area (Å²) in [6.07, 6.45) is 1.35. The first-order valence-corrected chi connectivity index (χ1v) is 7.28. The van der Waals surface area contributed by atoms with Crippen LogP contribution in [0, 0.1) is 22.7 Å². The number of imidazole rings is 1. The summed E-state index contributed by atoms with van der Waals surface area (Å²) in [5, 5.41) is 30.1. The van der Waals surface area contributed by atoms with E-state index >= 15 is 0 Å². The van der Waals surface area contributed by atoms with Gasteiger partial charge in [-0.25, -0.2) is 4.98 Å². The van der Waals surface area contributed by atoms with Crippen LogP contribution in [0.2, 0.25) is 0 Å². The number of aromatic amines is 1. The summed E-state index contributed by atoms with van der Waals surface area (Å²) in [7, 11) is 1.49. The van der Waals surface area contributed by atoms with Gasteiger partial charge in [-0.1, -0.05) is 0 Å². The van der Waals surface area contributed by atoms with Gasteiger partial charge in [0.25, 0.3) is 0 Å². The Morgan fingerprint density at radius 2 is 2.04 bits per heavy atom. The van der Waals surface area contributed by atoms with E-state index in [1.54, 1.807) is 36.4 Å². The molecule has 0 saturated carbocycles. The minimum atomic E-state index is -0.0124. The topological polar surface area (TPSA) is 118 Å². The fraction of sp³-hybridized carbons (Fsp3) is 0.0556. The highest BCUT2D eigenvalue weighted by atomic mass is 16.5. The molecule has 25 heavy (non-hydrogen) atoms. The van der Waals surface area contributed by atoms with Crippen LogP contribution in [0.5, 0.6) is 11.5 Å². The number of hydrogen-bond acceptors (Lipinski definition) is 6. The van der Waals surface area contributed by atoms with E-state index in [0.29, 0.717) is 17.3 Å². The van der Waals surface area contributed by atoms with Crippen LogP contribution in [0.15, 0.2) is 48.2 Å². The number of ether oxygens (including phenoxy) is 1. The lowest BCUT2D eigenvalue weighted by Gasteiger charge is -2.04. The summed E-state index contributed by atoms with van der Waals surface area (Å²) in [6.45, 7) is 0. The number of aromatic hydroxyl groups is 1. The molecule has 1 heterocycles. The Morgan fingerprint density at radius 1 is 1.24 bits per heavy atom. The largest absolute Gasteiger partial charge is 0.504 e.